The summed E-state index contributed by atoms with van der Waals surface area (Å²) < 4.78 is 42.4. The van der Waals surface area contributed by atoms with Crippen LogP contribution in [0, 0.1) is 6.92 Å². The average molecular weight is 297 g/mol. The maximum atomic E-state index is 12.2. The van der Waals surface area contributed by atoms with Crippen LogP contribution in [0.5, 0.6) is 5.75 Å². The number of aromatic nitrogens is 2. The molecule has 0 radical (unpaired) electrons. The number of benzene rings is 1. The number of nitrogens with zero attached hydrogens (tertiary/aromatic N) is 2. The number of imidazole rings is 1. The molecule has 0 aliphatic carbocycles. The summed E-state index contributed by atoms with van der Waals surface area (Å²) in [5.41, 5.74) is 1.84. The molecule has 3 rings (SSSR count). The van der Waals surface area contributed by atoms with E-state index < -0.39 is 6.36 Å². The van der Waals surface area contributed by atoms with E-state index in [4.69, 9.17) is 0 Å². The molecule has 0 spiro atoms. The van der Waals surface area contributed by atoms with Gasteiger partial charge in [-0.15, -0.1) is 13.2 Å². The van der Waals surface area contributed by atoms with Crippen molar-refractivity contribution in [3.8, 4) is 5.75 Å². The molecule has 0 amide bonds. The van der Waals surface area contributed by atoms with E-state index in [0.29, 0.717) is 0 Å². The highest BCUT2D eigenvalue weighted by molar-refractivity contribution is 5.37. The van der Waals surface area contributed by atoms with Crippen molar-refractivity contribution in [1.29, 1.82) is 0 Å². The molecule has 0 fully saturated rings. The fraction of sp³-hybridized carbons (Fsp3) is 0.357. The Morgan fingerprint density at radius 3 is 2.67 bits per heavy atom. The van der Waals surface area contributed by atoms with Gasteiger partial charge in [-0.25, -0.2) is 4.98 Å². The van der Waals surface area contributed by atoms with Crippen molar-refractivity contribution in [2.75, 3.05) is 11.9 Å². The van der Waals surface area contributed by atoms with Crippen LogP contribution in [0.15, 0.2) is 30.5 Å². The van der Waals surface area contributed by atoms with Gasteiger partial charge < -0.3 is 14.6 Å². The third-order valence-electron chi connectivity index (χ3n) is 3.39. The lowest BCUT2D eigenvalue weighted by Crippen LogP contribution is -2.23. The Morgan fingerprint density at radius 1 is 1.29 bits per heavy atom. The number of alkyl halides is 3. The molecule has 21 heavy (non-hydrogen) atoms. The number of nitrogens with one attached hydrogen (secondary N) is 1. The van der Waals surface area contributed by atoms with Crippen molar-refractivity contribution in [2.24, 2.45) is 0 Å². The number of halogens is 3. The smallest absolute Gasteiger partial charge is 0.406 e. The number of hydrogen-bond acceptors (Lipinski definition) is 3. The van der Waals surface area contributed by atoms with Crippen molar-refractivity contribution in [3.63, 3.8) is 0 Å². The Morgan fingerprint density at radius 2 is 2.00 bits per heavy atom. The number of aryl methyl sites for hydroxylation is 1. The largest absolute Gasteiger partial charge is 0.573 e. The summed E-state index contributed by atoms with van der Waals surface area (Å²) in [6, 6.07) is 6.08. The third-order valence-corrected chi connectivity index (χ3v) is 3.39. The lowest BCUT2D eigenvalue weighted by Gasteiger charge is -2.26. The van der Waals surface area contributed by atoms with Crippen LogP contribution in [0.4, 0.5) is 19.1 Å². The zero-order chi connectivity index (χ0) is 15.0. The first-order chi connectivity index (χ1) is 9.92. The summed E-state index contributed by atoms with van der Waals surface area (Å²) in [6.07, 6.45) is -1.88. The molecule has 4 nitrogen and oxygen atoms in total. The average Bonchev–Trinajstić information content (AvgIpc) is 2.78. The first-order valence-corrected chi connectivity index (χ1v) is 6.57. The molecule has 1 unspecified atom stereocenters. The number of hydrogen-bond donors (Lipinski definition) is 1. The van der Waals surface area contributed by atoms with Gasteiger partial charge in [0.25, 0.3) is 0 Å². The van der Waals surface area contributed by atoms with Crippen LogP contribution in [0.25, 0.3) is 0 Å². The van der Waals surface area contributed by atoms with E-state index in [9.17, 15) is 13.2 Å². The highest BCUT2D eigenvalue weighted by Crippen LogP contribution is 2.31. The van der Waals surface area contributed by atoms with Crippen LogP contribution in [0.3, 0.4) is 0 Å². The Balaban J connectivity index is 1.85. The van der Waals surface area contributed by atoms with Crippen molar-refractivity contribution in [3.05, 3.63) is 41.7 Å². The van der Waals surface area contributed by atoms with E-state index in [1.807, 2.05) is 17.7 Å². The van der Waals surface area contributed by atoms with Gasteiger partial charge in [0.2, 0.25) is 5.95 Å². The summed E-state index contributed by atoms with van der Waals surface area (Å²) in [7, 11) is 0. The van der Waals surface area contributed by atoms with Crippen LogP contribution in [-0.4, -0.2) is 22.5 Å². The molecule has 1 aliphatic rings. The first kappa shape index (κ1) is 13.8. The van der Waals surface area contributed by atoms with Crippen LogP contribution in [-0.2, 0) is 0 Å². The molecule has 112 valence electrons. The summed E-state index contributed by atoms with van der Waals surface area (Å²) in [4.78, 5) is 4.37. The van der Waals surface area contributed by atoms with Gasteiger partial charge in [-0.3, -0.25) is 0 Å². The fourth-order valence-electron chi connectivity index (χ4n) is 2.56. The lowest BCUT2D eigenvalue weighted by molar-refractivity contribution is -0.274. The highest BCUT2D eigenvalue weighted by Gasteiger charge is 2.31. The van der Waals surface area contributed by atoms with Crippen molar-refractivity contribution >= 4 is 5.95 Å². The van der Waals surface area contributed by atoms with Gasteiger partial charge in [0.15, 0.2) is 0 Å². The Labute approximate surface area is 119 Å². The van der Waals surface area contributed by atoms with Crippen LogP contribution < -0.4 is 10.1 Å². The van der Waals surface area contributed by atoms with Gasteiger partial charge in [0, 0.05) is 12.7 Å². The van der Waals surface area contributed by atoms with Crippen molar-refractivity contribution in [2.45, 2.75) is 25.7 Å². The van der Waals surface area contributed by atoms with E-state index in [2.05, 4.69) is 15.0 Å². The number of fused-ring (bicyclic) bond motifs is 1. The Hall–Kier alpha value is -2.18. The minimum Gasteiger partial charge on any atom is -0.406 e. The number of ether oxygens (including phenoxy) is 1. The van der Waals surface area contributed by atoms with E-state index in [1.54, 1.807) is 12.1 Å². The van der Waals surface area contributed by atoms with Crippen molar-refractivity contribution < 1.29 is 17.9 Å². The van der Waals surface area contributed by atoms with Gasteiger partial charge in [0.1, 0.15) is 5.75 Å². The first-order valence-electron chi connectivity index (χ1n) is 6.57. The second-order valence-corrected chi connectivity index (χ2v) is 4.96. The molecular formula is C14H14F3N3O. The van der Waals surface area contributed by atoms with Crippen LogP contribution in [0.1, 0.15) is 23.7 Å². The van der Waals surface area contributed by atoms with Gasteiger partial charge in [-0.05, 0) is 31.0 Å². The molecule has 0 saturated heterocycles. The Bertz CT molecular complexity index is 634. The molecule has 0 bridgehead atoms. The second-order valence-electron chi connectivity index (χ2n) is 4.96. The van der Waals surface area contributed by atoms with E-state index >= 15 is 0 Å². The Kier molecular flexibility index (Phi) is 3.27. The molecule has 2 aromatic rings. The summed E-state index contributed by atoms with van der Waals surface area (Å²) >= 11 is 0. The predicted octanol–water partition coefficient (Wildman–Crippen LogP) is 3.50. The van der Waals surface area contributed by atoms with Crippen LogP contribution in [0.2, 0.25) is 0 Å². The maximum Gasteiger partial charge on any atom is 0.573 e. The molecule has 0 saturated carbocycles. The second kappa shape index (κ2) is 4.98. The zero-order valence-corrected chi connectivity index (χ0v) is 11.3. The molecule has 1 aromatic carbocycles. The molecule has 7 heteroatoms. The summed E-state index contributed by atoms with van der Waals surface area (Å²) in [5, 5.41) is 3.20. The lowest BCUT2D eigenvalue weighted by atomic mass is 10.0. The predicted molar refractivity (Wildman–Crippen MR) is 71.3 cm³/mol. The topological polar surface area (TPSA) is 39.1 Å². The molecule has 1 atom stereocenters. The third kappa shape index (κ3) is 2.96. The monoisotopic (exact) mass is 297 g/mol. The molecular weight excluding hydrogens is 283 g/mol. The van der Waals surface area contributed by atoms with Gasteiger partial charge in [0.05, 0.1) is 11.7 Å². The molecule has 1 aliphatic heterocycles. The molecule has 1 N–H and O–H groups in total. The molecule has 1 aromatic heterocycles. The normalized spacial score (nSPS) is 18.0. The standard InChI is InChI=1S/C14H14F3N3O/c1-9-8-20-12(6-7-18-13(20)19-9)10-2-4-11(5-3-10)21-14(15,16)17/h2-5,8,12H,6-7H2,1H3,(H,18,19). The SMILES string of the molecule is Cc1cn2c(n1)NCCC2c1ccc(OC(F)(F)F)cc1. The van der Waals surface area contributed by atoms with E-state index in [0.717, 1.165) is 30.2 Å². The minimum absolute atomic E-state index is 0.0717. The highest BCUT2D eigenvalue weighted by atomic mass is 19.4. The van der Waals surface area contributed by atoms with E-state index in [1.165, 1.54) is 12.1 Å². The maximum absolute atomic E-state index is 12.2. The van der Waals surface area contributed by atoms with E-state index in [-0.39, 0.29) is 11.8 Å². The van der Waals surface area contributed by atoms with Crippen LogP contribution >= 0.6 is 0 Å². The number of anilines is 1. The minimum atomic E-state index is -4.66. The summed E-state index contributed by atoms with van der Waals surface area (Å²) in [5.74, 6) is 0.585. The van der Waals surface area contributed by atoms with Crippen molar-refractivity contribution in [1.82, 2.24) is 9.55 Å². The zero-order valence-electron chi connectivity index (χ0n) is 11.3. The molecule has 2 heterocycles. The fourth-order valence-corrected chi connectivity index (χ4v) is 2.56. The van der Waals surface area contributed by atoms with Gasteiger partial charge in [-0.1, -0.05) is 12.1 Å². The summed E-state index contributed by atoms with van der Waals surface area (Å²) in [6.45, 7) is 2.69. The van der Waals surface area contributed by atoms with Gasteiger partial charge in [-0.2, -0.15) is 0 Å². The van der Waals surface area contributed by atoms with Gasteiger partial charge >= 0.3 is 6.36 Å². The quantitative estimate of drug-likeness (QED) is 0.922. The number of rotatable bonds is 2.